The summed E-state index contributed by atoms with van der Waals surface area (Å²) in [7, 11) is 0. The Morgan fingerprint density at radius 2 is 1.93 bits per heavy atom. The van der Waals surface area contributed by atoms with Gasteiger partial charge in [-0.1, -0.05) is 36.5 Å². The highest BCUT2D eigenvalue weighted by Crippen LogP contribution is 2.10. The van der Waals surface area contributed by atoms with E-state index in [9.17, 15) is 4.79 Å². The van der Waals surface area contributed by atoms with Crippen molar-refractivity contribution in [3.8, 4) is 0 Å². The highest BCUT2D eigenvalue weighted by Gasteiger charge is 2.00. The van der Waals surface area contributed by atoms with Crippen LogP contribution in [-0.4, -0.2) is 10.9 Å². The minimum absolute atomic E-state index is 0.301. The fourth-order valence-corrected chi connectivity index (χ4v) is 1.22. The van der Waals surface area contributed by atoms with Gasteiger partial charge in [0, 0.05) is 11.6 Å². The molecular formula is C10H10N2OS. The summed E-state index contributed by atoms with van der Waals surface area (Å²) in [6, 6.07) is 7.27. The van der Waals surface area contributed by atoms with Gasteiger partial charge in [0.15, 0.2) is 0 Å². The molecule has 0 radical (unpaired) electrons. The predicted octanol–water partition coefficient (Wildman–Crippen LogP) is 0.819. The second-order valence-electron chi connectivity index (χ2n) is 2.69. The summed E-state index contributed by atoms with van der Waals surface area (Å²) in [4.78, 5) is 10.8. The number of hydrogen-bond acceptors (Lipinski definition) is 2. The number of carbonyl (C=O) groups is 1. The lowest BCUT2D eigenvalue weighted by Gasteiger charge is -2.02. The van der Waals surface area contributed by atoms with Crippen LogP contribution in [0.5, 0.6) is 0 Å². The molecule has 4 heteroatoms. The molecule has 0 fully saturated rings. The third-order valence-electron chi connectivity index (χ3n) is 1.65. The van der Waals surface area contributed by atoms with Gasteiger partial charge in [-0.25, -0.2) is 0 Å². The minimum atomic E-state index is -0.497. The minimum Gasteiger partial charge on any atom is -0.389 e. The summed E-state index contributed by atoms with van der Waals surface area (Å²) in [6.07, 6.45) is 2.87. The Morgan fingerprint density at radius 1 is 1.29 bits per heavy atom. The van der Waals surface area contributed by atoms with Gasteiger partial charge in [0.25, 0.3) is 0 Å². The normalized spacial score (nSPS) is 10.3. The number of amides is 1. The Hall–Kier alpha value is -1.68. The van der Waals surface area contributed by atoms with Crippen molar-refractivity contribution < 1.29 is 4.79 Å². The zero-order valence-corrected chi connectivity index (χ0v) is 8.25. The Kier molecular flexibility index (Phi) is 3.36. The molecule has 4 N–H and O–H groups in total. The lowest BCUT2D eigenvalue weighted by molar-refractivity contribution is -0.113. The molecular weight excluding hydrogens is 196 g/mol. The summed E-state index contributed by atoms with van der Waals surface area (Å²) in [5.41, 5.74) is 12.0. The predicted molar refractivity (Wildman–Crippen MR) is 60.6 cm³/mol. The van der Waals surface area contributed by atoms with E-state index in [-0.39, 0.29) is 0 Å². The van der Waals surface area contributed by atoms with Gasteiger partial charge in [0.1, 0.15) is 4.99 Å². The number of nitrogens with two attached hydrogens (primary N) is 2. The molecule has 72 valence electrons. The zero-order valence-electron chi connectivity index (χ0n) is 7.44. The van der Waals surface area contributed by atoms with Crippen molar-refractivity contribution in [2.45, 2.75) is 0 Å². The lowest BCUT2D eigenvalue weighted by atomic mass is 10.1. The maximum absolute atomic E-state index is 10.5. The highest BCUT2D eigenvalue weighted by atomic mass is 32.1. The van der Waals surface area contributed by atoms with Gasteiger partial charge in [-0.2, -0.15) is 0 Å². The van der Waals surface area contributed by atoms with Crippen molar-refractivity contribution >= 4 is 29.2 Å². The van der Waals surface area contributed by atoms with E-state index in [0.717, 1.165) is 11.1 Å². The smallest absolute Gasteiger partial charge is 0.241 e. The first kappa shape index (κ1) is 10.4. The van der Waals surface area contributed by atoms with E-state index in [1.165, 1.54) is 6.08 Å². The average Bonchev–Trinajstić information content (AvgIpc) is 2.15. The number of hydrogen-bond donors (Lipinski definition) is 2. The van der Waals surface area contributed by atoms with Crippen LogP contribution in [-0.2, 0) is 4.79 Å². The molecule has 1 aromatic rings. The highest BCUT2D eigenvalue weighted by molar-refractivity contribution is 7.80. The molecule has 14 heavy (non-hydrogen) atoms. The van der Waals surface area contributed by atoms with Crippen LogP contribution in [0.1, 0.15) is 11.1 Å². The third kappa shape index (κ3) is 2.67. The number of thiocarbonyl (C=S) groups is 1. The van der Waals surface area contributed by atoms with Gasteiger partial charge in [0.05, 0.1) is 0 Å². The monoisotopic (exact) mass is 206 g/mol. The van der Waals surface area contributed by atoms with Crippen LogP contribution in [0.2, 0.25) is 0 Å². The fraction of sp³-hybridized carbons (Fsp3) is 0. The number of carbonyl (C=O) groups excluding carboxylic acids is 1. The fourth-order valence-electron chi connectivity index (χ4n) is 1.04. The van der Waals surface area contributed by atoms with Crippen LogP contribution in [0, 0.1) is 0 Å². The molecule has 0 aliphatic carbocycles. The quantitative estimate of drug-likeness (QED) is 0.568. The Labute approximate surface area is 87.4 Å². The van der Waals surface area contributed by atoms with Crippen LogP contribution in [0.15, 0.2) is 30.3 Å². The van der Waals surface area contributed by atoms with E-state index in [2.05, 4.69) is 0 Å². The maximum Gasteiger partial charge on any atom is 0.241 e. The standard InChI is InChI=1S/C10H10N2OS/c11-9(13)6-5-7-3-1-2-4-8(7)10(12)14/h1-6H,(H2,11,13)(H2,12,14). The van der Waals surface area contributed by atoms with Crippen molar-refractivity contribution in [1.82, 2.24) is 0 Å². The molecule has 1 aromatic carbocycles. The maximum atomic E-state index is 10.5. The molecule has 0 aliphatic rings. The van der Waals surface area contributed by atoms with E-state index >= 15 is 0 Å². The van der Waals surface area contributed by atoms with Crippen LogP contribution >= 0.6 is 12.2 Å². The van der Waals surface area contributed by atoms with Crippen molar-refractivity contribution in [3.05, 3.63) is 41.5 Å². The molecule has 0 saturated carbocycles. The SMILES string of the molecule is NC(=O)C=Cc1ccccc1C(N)=S. The summed E-state index contributed by atoms with van der Waals surface area (Å²) in [6.45, 7) is 0. The van der Waals surface area contributed by atoms with Crippen molar-refractivity contribution in [2.75, 3.05) is 0 Å². The van der Waals surface area contributed by atoms with E-state index in [1.807, 2.05) is 18.2 Å². The average molecular weight is 206 g/mol. The zero-order chi connectivity index (χ0) is 10.6. The van der Waals surface area contributed by atoms with Gasteiger partial charge in [0.2, 0.25) is 5.91 Å². The Balaban J connectivity index is 3.07. The van der Waals surface area contributed by atoms with Crippen molar-refractivity contribution in [2.24, 2.45) is 11.5 Å². The summed E-state index contributed by atoms with van der Waals surface area (Å²) >= 11 is 4.86. The molecule has 1 amide bonds. The second-order valence-corrected chi connectivity index (χ2v) is 3.13. The van der Waals surface area contributed by atoms with E-state index in [0.29, 0.717) is 4.99 Å². The van der Waals surface area contributed by atoms with Crippen molar-refractivity contribution in [1.29, 1.82) is 0 Å². The molecule has 0 atom stereocenters. The molecule has 0 unspecified atom stereocenters. The molecule has 0 spiro atoms. The summed E-state index contributed by atoms with van der Waals surface area (Å²) in [5.74, 6) is -0.497. The van der Waals surface area contributed by atoms with Crippen LogP contribution < -0.4 is 11.5 Å². The van der Waals surface area contributed by atoms with Crippen molar-refractivity contribution in [3.63, 3.8) is 0 Å². The third-order valence-corrected chi connectivity index (χ3v) is 1.87. The van der Waals surface area contributed by atoms with E-state index in [1.54, 1.807) is 12.1 Å². The molecule has 0 heterocycles. The first-order valence-corrected chi connectivity index (χ1v) is 4.38. The molecule has 0 saturated heterocycles. The first-order valence-electron chi connectivity index (χ1n) is 3.97. The Bertz CT molecular complexity index is 399. The summed E-state index contributed by atoms with van der Waals surface area (Å²) < 4.78 is 0. The van der Waals surface area contributed by atoms with Crippen LogP contribution in [0.3, 0.4) is 0 Å². The first-order chi connectivity index (χ1) is 6.61. The van der Waals surface area contributed by atoms with Gasteiger partial charge < -0.3 is 11.5 Å². The number of benzene rings is 1. The lowest BCUT2D eigenvalue weighted by Crippen LogP contribution is -2.11. The number of rotatable bonds is 3. The molecule has 0 bridgehead atoms. The number of primary amides is 1. The van der Waals surface area contributed by atoms with Gasteiger partial charge >= 0.3 is 0 Å². The molecule has 0 aromatic heterocycles. The molecule has 1 rings (SSSR count). The van der Waals surface area contributed by atoms with Crippen LogP contribution in [0.25, 0.3) is 6.08 Å². The van der Waals surface area contributed by atoms with Gasteiger partial charge in [-0.15, -0.1) is 0 Å². The van der Waals surface area contributed by atoms with Gasteiger partial charge in [-0.05, 0) is 11.6 Å². The Morgan fingerprint density at radius 3 is 2.50 bits per heavy atom. The largest absolute Gasteiger partial charge is 0.389 e. The summed E-state index contributed by atoms with van der Waals surface area (Å²) in [5, 5.41) is 0. The molecule has 0 aliphatic heterocycles. The van der Waals surface area contributed by atoms with Gasteiger partial charge in [-0.3, -0.25) is 4.79 Å². The van der Waals surface area contributed by atoms with Crippen LogP contribution in [0.4, 0.5) is 0 Å². The second kappa shape index (κ2) is 4.53. The molecule has 3 nitrogen and oxygen atoms in total. The topological polar surface area (TPSA) is 69.1 Å². The van der Waals surface area contributed by atoms with E-state index in [4.69, 9.17) is 23.7 Å². The van der Waals surface area contributed by atoms with E-state index < -0.39 is 5.91 Å².